The summed E-state index contributed by atoms with van der Waals surface area (Å²) in [7, 11) is 0. The Morgan fingerprint density at radius 3 is 2.55 bits per heavy atom. The van der Waals surface area contributed by atoms with Gasteiger partial charge in [0.2, 0.25) is 0 Å². The van der Waals surface area contributed by atoms with Gasteiger partial charge in [-0.3, -0.25) is 4.90 Å². The molecule has 33 heavy (non-hydrogen) atoms. The van der Waals surface area contributed by atoms with Crippen molar-refractivity contribution >= 4 is 18.0 Å². The second-order valence-corrected chi connectivity index (χ2v) is 9.33. The van der Waals surface area contributed by atoms with Crippen LogP contribution in [0.4, 0.5) is 15.4 Å². The Labute approximate surface area is 196 Å². The van der Waals surface area contributed by atoms with Crippen molar-refractivity contribution in [3.05, 3.63) is 59.8 Å². The monoisotopic (exact) mass is 453 g/mol. The number of carbonyl (C=O) groups is 2. The number of benzene rings is 1. The van der Waals surface area contributed by atoms with E-state index in [1.165, 1.54) is 0 Å². The van der Waals surface area contributed by atoms with Crippen molar-refractivity contribution in [2.45, 2.75) is 71.6 Å². The van der Waals surface area contributed by atoms with Crippen LogP contribution in [0.2, 0.25) is 0 Å². The molecule has 0 spiro atoms. The van der Waals surface area contributed by atoms with E-state index in [1.54, 1.807) is 16.0 Å². The maximum Gasteiger partial charge on any atom is 0.416 e. The second-order valence-electron chi connectivity index (χ2n) is 9.33. The lowest BCUT2D eigenvalue weighted by molar-refractivity contribution is 0.0578. The molecule has 0 saturated carbocycles. The van der Waals surface area contributed by atoms with Crippen LogP contribution in [0.5, 0.6) is 0 Å². The number of nitrogens with zero attached hydrogens (tertiary/aromatic N) is 3. The van der Waals surface area contributed by atoms with Gasteiger partial charge in [0.05, 0.1) is 6.04 Å². The van der Waals surface area contributed by atoms with Crippen molar-refractivity contribution in [3.63, 3.8) is 0 Å². The Hall–Kier alpha value is -3.09. The van der Waals surface area contributed by atoms with Gasteiger partial charge in [0, 0.05) is 19.3 Å². The Bertz CT molecular complexity index is 909. The molecular formula is C26H35N3O4. The van der Waals surface area contributed by atoms with E-state index in [4.69, 9.17) is 9.47 Å². The van der Waals surface area contributed by atoms with Crippen LogP contribution in [0.3, 0.4) is 0 Å². The molecule has 1 fully saturated rings. The number of ether oxygens (including phenoxy) is 2. The summed E-state index contributed by atoms with van der Waals surface area (Å²) in [5.41, 5.74) is 1.32. The van der Waals surface area contributed by atoms with Gasteiger partial charge < -0.3 is 14.4 Å². The average Bonchev–Trinajstić information content (AvgIpc) is 3.28. The molecular weight excluding hydrogens is 418 g/mol. The Morgan fingerprint density at radius 1 is 1.15 bits per heavy atom. The average molecular weight is 454 g/mol. The van der Waals surface area contributed by atoms with E-state index < -0.39 is 11.7 Å². The minimum absolute atomic E-state index is 0.0829. The van der Waals surface area contributed by atoms with Crippen LogP contribution in [0.25, 0.3) is 0 Å². The lowest BCUT2D eigenvalue weighted by atomic mass is 10.1. The largest absolute Gasteiger partial charge is 0.445 e. The number of likely N-dealkylation sites (tertiary alicyclic amines) is 1. The van der Waals surface area contributed by atoms with E-state index in [0.717, 1.165) is 36.8 Å². The van der Waals surface area contributed by atoms with Crippen molar-refractivity contribution in [3.8, 4) is 0 Å². The summed E-state index contributed by atoms with van der Waals surface area (Å²) in [6, 6.07) is 13.4. The number of amides is 2. The first-order chi connectivity index (χ1) is 15.8. The van der Waals surface area contributed by atoms with Crippen LogP contribution < -0.4 is 4.90 Å². The lowest BCUT2D eigenvalue weighted by Crippen LogP contribution is -2.38. The standard InChI is InChI=1S/C26H35N3O4/c1-5-6-16-29(25(31)33-26(2,3)4)23-15-14-21(18-27-23)22-13-10-17-28(22)24(30)32-19-20-11-8-7-9-12-20/h7-9,11-12,14-15,18,22H,5-6,10,13,16-17,19H2,1-4H3/t22-/m1/s1. The van der Waals surface area contributed by atoms with Gasteiger partial charge in [-0.15, -0.1) is 0 Å². The van der Waals surface area contributed by atoms with Gasteiger partial charge in [-0.25, -0.2) is 14.6 Å². The third-order valence-electron chi connectivity index (χ3n) is 5.47. The van der Waals surface area contributed by atoms with E-state index in [0.29, 0.717) is 18.9 Å². The summed E-state index contributed by atoms with van der Waals surface area (Å²) < 4.78 is 11.1. The fraction of sp³-hybridized carbons (Fsp3) is 0.500. The van der Waals surface area contributed by atoms with Gasteiger partial charge in [-0.05, 0) is 57.2 Å². The predicted octanol–water partition coefficient (Wildman–Crippen LogP) is 6.10. The molecule has 7 heteroatoms. The van der Waals surface area contributed by atoms with Crippen LogP contribution in [-0.4, -0.2) is 40.8 Å². The van der Waals surface area contributed by atoms with Crippen LogP contribution in [-0.2, 0) is 16.1 Å². The molecule has 0 bridgehead atoms. The number of hydrogen-bond acceptors (Lipinski definition) is 5. The summed E-state index contributed by atoms with van der Waals surface area (Å²) in [4.78, 5) is 33.4. The lowest BCUT2D eigenvalue weighted by Gasteiger charge is -2.27. The first kappa shape index (κ1) is 24.6. The van der Waals surface area contributed by atoms with Crippen molar-refractivity contribution in [2.24, 2.45) is 0 Å². The van der Waals surface area contributed by atoms with Gasteiger partial charge in [0.1, 0.15) is 18.0 Å². The molecule has 0 unspecified atom stereocenters. The number of pyridine rings is 1. The number of rotatable bonds is 7. The van der Waals surface area contributed by atoms with E-state index in [1.807, 2.05) is 63.2 Å². The zero-order valence-electron chi connectivity index (χ0n) is 20.1. The highest BCUT2D eigenvalue weighted by Crippen LogP contribution is 2.33. The minimum Gasteiger partial charge on any atom is -0.445 e. The Morgan fingerprint density at radius 2 is 1.91 bits per heavy atom. The van der Waals surface area contributed by atoms with Gasteiger partial charge >= 0.3 is 12.2 Å². The van der Waals surface area contributed by atoms with Crippen molar-refractivity contribution in [1.29, 1.82) is 0 Å². The molecule has 2 heterocycles. The molecule has 178 valence electrons. The molecule has 1 saturated heterocycles. The van der Waals surface area contributed by atoms with Gasteiger partial charge in [0.25, 0.3) is 0 Å². The number of anilines is 1. The maximum atomic E-state index is 12.7. The summed E-state index contributed by atoms with van der Waals surface area (Å²) in [5.74, 6) is 0.553. The van der Waals surface area contributed by atoms with Crippen molar-refractivity contribution < 1.29 is 19.1 Å². The molecule has 2 aromatic rings. The van der Waals surface area contributed by atoms with E-state index in [2.05, 4.69) is 11.9 Å². The minimum atomic E-state index is -0.577. The van der Waals surface area contributed by atoms with Crippen molar-refractivity contribution in [1.82, 2.24) is 9.88 Å². The maximum absolute atomic E-state index is 12.7. The highest BCUT2D eigenvalue weighted by atomic mass is 16.6. The van der Waals surface area contributed by atoms with Crippen LogP contribution >= 0.6 is 0 Å². The fourth-order valence-electron chi connectivity index (χ4n) is 3.82. The Balaban J connectivity index is 1.68. The molecule has 1 aromatic heterocycles. The SMILES string of the molecule is CCCCN(C(=O)OC(C)(C)C)c1ccc([C@H]2CCCN2C(=O)OCc2ccccc2)cn1. The highest BCUT2D eigenvalue weighted by molar-refractivity contribution is 5.86. The Kier molecular flexibility index (Phi) is 8.31. The van der Waals surface area contributed by atoms with E-state index in [-0.39, 0.29) is 18.7 Å². The number of aromatic nitrogens is 1. The molecule has 0 N–H and O–H groups in total. The zero-order valence-corrected chi connectivity index (χ0v) is 20.1. The zero-order chi connectivity index (χ0) is 23.8. The third kappa shape index (κ3) is 6.94. The fourth-order valence-corrected chi connectivity index (χ4v) is 3.82. The normalized spacial score (nSPS) is 15.9. The van der Waals surface area contributed by atoms with Crippen LogP contribution in [0.1, 0.15) is 70.5 Å². The number of hydrogen-bond donors (Lipinski definition) is 0. The molecule has 1 aliphatic heterocycles. The van der Waals surface area contributed by atoms with Gasteiger partial charge in [-0.1, -0.05) is 49.7 Å². The third-order valence-corrected chi connectivity index (χ3v) is 5.47. The summed E-state index contributed by atoms with van der Waals surface area (Å²) >= 11 is 0. The first-order valence-electron chi connectivity index (χ1n) is 11.7. The molecule has 3 rings (SSSR count). The van der Waals surface area contributed by atoms with E-state index in [9.17, 15) is 9.59 Å². The van der Waals surface area contributed by atoms with Crippen molar-refractivity contribution in [2.75, 3.05) is 18.0 Å². The smallest absolute Gasteiger partial charge is 0.416 e. The molecule has 1 atom stereocenters. The molecule has 1 aromatic carbocycles. The van der Waals surface area contributed by atoms with Crippen LogP contribution in [0, 0.1) is 0 Å². The quantitative estimate of drug-likeness (QED) is 0.507. The summed E-state index contributed by atoms with van der Waals surface area (Å²) in [6.07, 6.45) is 4.62. The summed E-state index contributed by atoms with van der Waals surface area (Å²) in [6.45, 7) is 9.08. The van der Waals surface area contributed by atoms with Crippen LogP contribution in [0.15, 0.2) is 48.7 Å². The highest BCUT2D eigenvalue weighted by Gasteiger charge is 2.32. The first-order valence-corrected chi connectivity index (χ1v) is 11.7. The van der Waals surface area contributed by atoms with Gasteiger partial charge in [-0.2, -0.15) is 0 Å². The number of carbonyl (C=O) groups excluding carboxylic acids is 2. The van der Waals surface area contributed by atoms with Gasteiger partial charge in [0.15, 0.2) is 0 Å². The summed E-state index contributed by atoms with van der Waals surface area (Å²) in [5, 5.41) is 0. The predicted molar refractivity (Wildman–Crippen MR) is 128 cm³/mol. The molecule has 1 aliphatic rings. The second kappa shape index (κ2) is 11.2. The van der Waals surface area contributed by atoms with E-state index >= 15 is 0 Å². The topological polar surface area (TPSA) is 72.0 Å². The number of unbranched alkanes of at least 4 members (excludes halogenated alkanes) is 1. The molecule has 0 radical (unpaired) electrons. The molecule has 2 amide bonds. The molecule has 0 aliphatic carbocycles. The molecule has 7 nitrogen and oxygen atoms in total.